The summed E-state index contributed by atoms with van der Waals surface area (Å²) in [5.74, 6) is 2.07. The predicted molar refractivity (Wildman–Crippen MR) is 87.0 cm³/mol. The van der Waals surface area contributed by atoms with Gasteiger partial charge in [-0.25, -0.2) is 4.98 Å². The molecule has 0 bridgehead atoms. The summed E-state index contributed by atoms with van der Waals surface area (Å²) in [6, 6.07) is 10.3. The van der Waals surface area contributed by atoms with Crippen molar-refractivity contribution < 1.29 is 4.74 Å². The lowest BCUT2D eigenvalue weighted by molar-refractivity contribution is 0.448. The van der Waals surface area contributed by atoms with Gasteiger partial charge in [0.25, 0.3) is 0 Å². The molecule has 0 fully saturated rings. The van der Waals surface area contributed by atoms with Crippen LogP contribution in [0.25, 0.3) is 0 Å². The van der Waals surface area contributed by atoms with Gasteiger partial charge in [0.05, 0.1) is 0 Å². The molecule has 0 radical (unpaired) electrons. The zero-order chi connectivity index (χ0) is 15.2. The third kappa shape index (κ3) is 3.82. The molecule has 21 heavy (non-hydrogen) atoms. The van der Waals surface area contributed by atoms with Crippen molar-refractivity contribution in [1.82, 2.24) is 10.3 Å². The lowest BCUT2D eigenvalue weighted by Gasteiger charge is -2.16. The molecule has 0 aliphatic rings. The first kappa shape index (κ1) is 15.5. The first-order valence-corrected chi connectivity index (χ1v) is 7.52. The molecular weight excluding hydrogens is 260 g/mol. The van der Waals surface area contributed by atoms with Crippen LogP contribution in [0.1, 0.15) is 42.9 Å². The highest BCUT2D eigenvalue weighted by Crippen LogP contribution is 2.32. The molecule has 0 spiro atoms. The van der Waals surface area contributed by atoms with Crippen molar-refractivity contribution in [3.8, 4) is 11.6 Å². The lowest BCUT2D eigenvalue weighted by atomic mass is 9.98. The molecule has 1 unspecified atom stereocenters. The second-order valence-electron chi connectivity index (χ2n) is 5.45. The Morgan fingerprint density at radius 3 is 2.71 bits per heavy atom. The van der Waals surface area contributed by atoms with Crippen molar-refractivity contribution in [3.63, 3.8) is 0 Å². The number of rotatable bonds is 6. The van der Waals surface area contributed by atoms with E-state index in [0.717, 1.165) is 29.8 Å². The fraction of sp³-hybridized carbons (Fsp3) is 0.389. The summed E-state index contributed by atoms with van der Waals surface area (Å²) in [4.78, 5) is 4.46. The maximum absolute atomic E-state index is 6.06. The molecule has 0 saturated carbocycles. The Morgan fingerprint density at radius 2 is 2.05 bits per heavy atom. The molecule has 0 saturated heterocycles. The van der Waals surface area contributed by atoms with Gasteiger partial charge in [-0.1, -0.05) is 32.0 Å². The van der Waals surface area contributed by atoms with E-state index in [2.05, 4.69) is 42.3 Å². The molecule has 2 rings (SSSR count). The number of para-hydroxylation sites is 1. The van der Waals surface area contributed by atoms with Gasteiger partial charge in [0, 0.05) is 18.3 Å². The zero-order valence-electron chi connectivity index (χ0n) is 13.3. The molecule has 0 amide bonds. The molecule has 3 heteroatoms. The van der Waals surface area contributed by atoms with Crippen LogP contribution in [0, 0.1) is 6.92 Å². The summed E-state index contributed by atoms with van der Waals surface area (Å²) in [7, 11) is 1.93. The van der Waals surface area contributed by atoms with Crippen LogP contribution in [-0.4, -0.2) is 12.0 Å². The molecule has 1 aromatic carbocycles. The Balaban J connectivity index is 2.26. The minimum atomic E-state index is 0.477. The number of nitrogens with zero attached hydrogens (tertiary/aromatic N) is 1. The van der Waals surface area contributed by atoms with Crippen LogP contribution < -0.4 is 10.1 Å². The van der Waals surface area contributed by atoms with Gasteiger partial charge in [0.1, 0.15) is 5.75 Å². The van der Waals surface area contributed by atoms with Crippen molar-refractivity contribution in [2.75, 3.05) is 7.05 Å². The second-order valence-corrected chi connectivity index (χ2v) is 5.45. The zero-order valence-corrected chi connectivity index (χ0v) is 13.3. The molecule has 0 aliphatic heterocycles. The van der Waals surface area contributed by atoms with Crippen LogP contribution in [0.5, 0.6) is 11.6 Å². The van der Waals surface area contributed by atoms with E-state index in [1.165, 1.54) is 5.56 Å². The minimum Gasteiger partial charge on any atom is -0.438 e. The molecule has 1 aromatic heterocycles. The summed E-state index contributed by atoms with van der Waals surface area (Å²) in [6.45, 7) is 7.26. The molecular formula is C18H24N2O. The average molecular weight is 284 g/mol. The molecule has 3 nitrogen and oxygen atoms in total. The Hall–Kier alpha value is -1.87. The van der Waals surface area contributed by atoms with Gasteiger partial charge in [-0.2, -0.15) is 0 Å². The number of aryl methyl sites for hydroxylation is 1. The summed E-state index contributed by atoms with van der Waals surface area (Å²) in [5, 5.41) is 3.13. The quantitative estimate of drug-likeness (QED) is 0.853. The van der Waals surface area contributed by atoms with Gasteiger partial charge in [0.15, 0.2) is 0 Å². The van der Waals surface area contributed by atoms with E-state index in [1.807, 2.05) is 32.3 Å². The Bertz CT molecular complexity index is 596. The maximum Gasteiger partial charge on any atom is 0.222 e. The predicted octanol–water partition coefficient (Wildman–Crippen LogP) is 4.42. The maximum atomic E-state index is 6.06. The van der Waals surface area contributed by atoms with Crippen molar-refractivity contribution in [1.29, 1.82) is 0 Å². The van der Waals surface area contributed by atoms with Gasteiger partial charge in [-0.15, -0.1) is 0 Å². The van der Waals surface area contributed by atoms with Crippen molar-refractivity contribution in [2.45, 2.75) is 39.7 Å². The van der Waals surface area contributed by atoms with E-state index in [0.29, 0.717) is 11.8 Å². The summed E-state index contributed by atoms with van der Waals surface area (Å²) < 4.78 is 6.06. The van der Waals surface area contributed by atoms with Crippen molar-refractivity contribution in [2.24, 2.45) is 0 Å². The van der Waals surface area contributed by atoms with Gasteiger partial charge >= 0.3 is 0 Å². The Labute approximate surface area is 127 Å². The highest BCUT2D eigenvalue weighted by Gasteiger charge is 2.12. The van der Waals surface area contributed by atoms with Crippen molar-refractivity contribution >= 4 is 0 Å². The van der Waals surface area contributed by atoms with E-state index >= 15 is 0 Å². The van der Waals surface area contributed by atoms with E-state index in [9.17, 15) is 0 Å². The fourth-order valence-electron chi connectivity index (χ4n) is 2.33. The first-order valence-electron chi connectivity index (χ1n) is 7.52. The fourth-order valence-corrected chi connectivity index (χ4v) is 2.33. The van der Waals surface area contributed by atoms with E-state index < -0.39 is 0 Å². The average Bonchev–Trinajstić information content (AvgIpc) is 2.50. The van der Waals surface area contributed by atoms with Gasteiger partial charge in [-0.3, -0.25) is 0 Å². The third-order valence-electron chi connectivity index (χ3n) is 3.74. The van der Waals surface area contributed by atoms with Gasteiger partial charge in [0.2, 0.25) is 5.88 Å². The number of aromatic nitrogens is 1. The minimum absolute atomic E-state index is 0.477. The lowest BCUT2D eigenvalue weighted by Crippen LogP contribution is -2.06. The number of ether oxygens (including phenoxy) is 1. The SMILES string of the molecule is CCC(C)c1ccccc1Oc1ncc(CNC)cc1C. The van der Waals surface area contributed by atoms with Gasteiger partial charge in [-0.05, 0) is 49.6 Å². The van der Waals surface area contributed by atoms with E-state index in [4.69, 9.17) is 4.74 Å². The summed E-state index contributed by atoms with van der Waals surface area (Å²) >= 11 is 0. The smallest absolute Gasteiger partial charge is 0.222 e. The number of hydrogen-bond donors (Lipinski definition) is 1. The van der Waals surface area contributed by atoms with Crippen LogP contribution in [0.4, 0.5) is 0 Å². The Morgan fingerprint density at radius 1 is 1.29 bits per heavy atom. The summed E-state index contributed by atoms with van der Waals surface area (Å²) in [6.07, 6.45) is 2.96. The van der Waals surface area contributed by atoms with E-state index in [1.54, 1.807) is 0 Å². The summed E-state index contributed by atoms with van der Waals surface area (Å²) in [5.41, 5.74) is 3.46. The van der Waals surface area contributed by atoms with E-state index in [-0.39, 0.29) is 0 Å². The second kappa shape index (κ2) is 7.23. The number of hydrogen-bond acceptors (Lipinski definition) is 3. The molecule has 1 N–H and O–H groups in total. The van der Waals surface area contributed by atoms with Gasteiger partial charge < -0.3 is 10.1 Å². The molecule has 1 heterocycles. The standard InChI is InChI=1S/C18H24N2O/c1-5-13(2)16-8-6-7-9-17(16)21-18-14(3)10-15(11-19-4)12-20-18/h6-10,12-13,19H,5,11H2,1-4H3. The van der Waals surface area contributed by atoms with Crippen LogP contribution >= 0.6 is 0 Å². The molecule has 0 aliphatic carbocycles. The first-order chi connectivity index (χ1) is 10.2. The molecule has 2 aromatic rings. The third-order valence-corrected chi connectivity index (χ3v) is 3.74. The molecule has 1 atom stereocenters. The number of benzene rings is 1. The largest absolute Gasteiger partial charge is 0.438 e. The Kier molecular flexibility index (Phi) is 5.34. The van der Waals surface area contributed by atoms with Crippen LogP contribution in [0.15, 0.2) is 36.5 Å². The monoisotopic (exact) mass is 284 g/mol. The molecule has 112 valence electrons. The number of nitrogens with one attached hydrogen (secondary N) is 1. The number of pyridine rings is 1. The highest BCUT2D eigenvalue weighted by molar-refractivity contribution is 5.40. The van der Waals surface area contributed by atoms with Crippen LogP contribution in [-0.2, 0) is 6.54 Å². The normalized spacial score (nSPS) is 12.2. The van der Waals surface area contributed by atoms with Crippen LogP contribution in [0.2, 0.25) is 0 Å². The topological polar surface area (TPSA) is 34.1 Å². The highest BCUT2D eigenvalue weighted by atomic mass is 16.5. The van der Waals surface area contributed by atoms with Crippen molar-refractivity contribution in [3.05, 3.63) is 53.2 Å². The van der Waals surface area contributed by atoms with Crippen LogP contribution in [0.3, 0.4) is 0 Å².